The van der Waals surface area contributed by atoms with Crippen LogP contribution in [0.15, 0.2) is 47.6 Å². The Balaban J connectivity index is 1.90. The van der Waals surface area contributed by atoms with Crippen molar-refractivity contribution in [1.29, 1.82) is 0 Å². The van der Waals surface area contributed by atoms with Crippen LogP contribution < -0.4 is 11.5 Å². The lowest BCUT2D eigenvalue weighted by molar-refractivity contribution is 0.747. The number of hydrogen-bond acceptors (Lipinski definition) is 4. The molecule has 1 aromatic heterocycles. The van der Waals surface area contributed by atoms with Gasteiger partial charge in [-0.1, -0.05) is 23.7 Å². The lowest BCUT2D eigenvalue weighted by Gasteiger charge is -2.13. The fraction of sp³-hybridized carbons (Fsp3) is 0.214. The minimum Gasteiger partial charge on any atom is -0.398 e. The van der Waals surface area contributed by atoms with Crippen molar-refractivity contribution >= 4 is 29.1 Å². The number of thioether (sulfide) groups is 1. The van der Waals surface area contributed by atoms with Crippen LogP contribution in [-0.4, -0.2) is 16.8 Å². The first-order chi connectivity index (χ1) is 9.16. The Morgan fingerprint density at radius 3 is 2.79 bits per heavy atom. The Hall–Kier alpha value is -1.23. The van der Waals surface area contributed by atoms with E-state index in [0.717, 1.165) is 33.3 Å². The minimum atomic E-state index is 0.0211. The van der Waals surface area contributed by atoms with Crippen LogP contribution in [-0.2, 0) is 6.42 Å². The van der Waals surface area contributed by atoms with Crippen molar-refractivity contribution in [2.45, 2.75) is 17.4 Å². The Bertz CT molecular complexity index is 548. The van der Waals surface area contributed by atoms with Gasteiger partial charge in [0.15, 0.2) is 0 Å². The highest BCUT2D eigenvalue weighted by Gasteiger charge is 2.09. The van der Waals surface area contributed by atoms with Gasteiger partial charge >= 0.3 is 0 Å². The molecule has 0 bridgehead atoms. The molecule has 0 radical (unpaired) electrons. The highest BCUT2D eigenvalue weighted by atomic mass is 35.5. The lowest BCUT2D eigenvalue weighted by Crippen LogP contribution is -2.26. The molecular weight excluding hydrogens is 278 g/mol. The third-order valence-electron chi connectivity index (χ3n) is 2.71. The van der Waals surface area contributed by atoms with Crippen molar-refractivity contribution in [2.24, 2.45) is 5.73 Å². The molecule has 0 saturated carbocycles. The number of nitrogens with zero attached hydrogens (tertiary/aromatic N) is 1. The highest BCUT2D eigenvalue weighted by molar-refractivity contribution is 7.99. The van der Waals surface area contributed by atoms with Gasteiger partial charge in [0.1, 0.15) is 0 Å². The molecule has 0 amide bonds. The zero-order chi connectivity index (χ0) is 13.7. The largest absolute Gasteiger partial charge is 0.398 e. The summed E-state index contributed by atoms with van der Waals surface area (Å²) in [7, 11) is 0. The number of anilines is 1. The molecule has 1 aromatic carbocycles. The maximum absolute atomic E-state index is 6.13. The van der Waals surface area contributed by atoms with Crippen LogP contribution in [0.4, 0.5) is 5.69 Å². The number of hydrogen-bond donors (Lipinski definition) is 2. The van der Waals surface area contributed by atoms with E-state index in [4.69, 9.17) is 23.1 Å². The first kappa shape index (κ1) is 14.2. The quantitative estimate of drug-likeness (QED) is 0.832. The van der Waals surface area contributed by atoms with Gasteiger partial charge in [0.2, 0.25) is 0 Å². The maximum Gasteiger partial charge on any atom is 0.0541 e. The number of rotatable bonds is 5. The average Bonchev–Trinajstić information content (AvgIpc) is 2.40. The van der Waals surface area contributed by atoms with E-state index in [0.29, 0.717) is 0 Å². The van der Waals surface area contributed by atoms with Gasteiger partial charge in [-0.3, -0.25) is 4.98 Å². The average molecular weight is 294 g/mol. The second kappa shape index (κ2) is 6.80. The van der Waals surface area contributed by atoms with Crippen LogP contribution >= 0.6 is 23.4 Å². The monoisotopic (exact) mass is 293 g/mol. The highest BCUT2D eigenvalue weighted by Crippen LogP contribution is 2.27. The molecule has 0 fully saturated rings. The number of benzene rings is 1. The van der Waals surface area contributed by atoms with Crippen molar-refractivity contribution < 1.29 is 0 Å². The smallest absolute Gasteiger partial charge is 0.0541 e. The third kappa shape index (κ3) is 4.13. The Kier molecular flexibility index (Phi) is 5.07. The van der Waals surface area contributed by atoms with Gasteiger partial charge in [0.05, 0.1) is 5.02 Å². The molecule has 0 aliphatic heterocycles. The van der Waals surface area contributed by atoms with E-state index < -0.39 is 0 Å². The summed E-state index contributed by atoms with van der Waals surface area (Å²) in [5.41, 5.74) is 13.7. The second-order valence-electron chi connectivity index (χ2n) is 4.28. The summed E-state index contributed by atoms with van der Waals surface area (Å²) >= 11 is 7.76. The molecule has 0 saturated heterocycles. The molecule has 0 spiro atoms. The Morgan fingerprint density at radius 1 is 1.26 bits per heavy atom. The molecule has 5 heteroatoms. The fourth-order valence-corrected chi connectivity index (χ4v) is 2.90. The van der Waals surface area contributed by atoms with E-state index in [-0.39, 0.29) is 6.04 Å². The van der Waals surface area contributed by atoms with E-state index >= 15 is 0 Å². The molecule has 1 unspecified atom stereocenters. The van der Waals surface area contributed by atoms with E-state index in [1.165, 1.54) is 0 Å². The predicted octanol–water partition coefficient (Wildman–Crippen LogP) is 2.98. The standard InChI is InChI=1S/C14H16ClN3S/c15-12-3-1-2-4-14(12)19-9-11(16)7-10-8-18-6-5-13(10)17/h1-6,8,11H,7,9,16H2,(H2,17,18). The summed E-state index contributed by atoms with van der Waals surface area (Å²) in [6.45, 7) is 0. The normalized spacial score (nSPS) is 12.3. The van der Waals surface area contributed by atoms with Crippen LogP contribution in [0.5, 0.6) is 0 Å². The van der Waals surface area contributed by atoms with Crippen molar-refractivity contribution in [3.05, 3.63) is 53.3 Å². The van der Waals surface area contributed by atoms with Crippen LogP contribution in [0.1, 0.15) is 5.56 Å². The summed E-state index contributed by atoms with van der Waals surface area (Å²) in [6.07, 6.45) is 4.18. The molecule has 2 rings (SSSR count). The number of pyridine rings is 1. The molecule has 0 aliphatic rings. The number of aromatic nitrogens is 1. The molecule has 4 N–H and O–H groups in total. The van der Waals surface area contributed by atoms with Gasteiger partial charge in [-0.15, -0.1) is 11.8 Å². The summed E-state index contributed by atoms with van der Waals surface area (Å²) in [4.78, 5) is 5.12. The summed E-state index contributed by atoms with van der Waals surface area (Å²) in [6, 6.07) is 9.59. The summed E-state index contributed by atoms with van der Waals surface area (Å²) < 4.78 is 0. The van der Waals surface area contributed by atoms with Gasteiger partial charge in [0.25, 0.3) is 0 Å². The summed E-state index contributed by atoms with van der Waals surface area (Å²) in [5, 5.41) is 0.764. The molecule has 3 nitrogen and oxygen atoms in total. The predicted molar refractivity (Wildman–Crippen MR) is 82.5 cm³/mol. The number of nitrogens with two attached hydrogens (primary N) is 2. The first-order valence-corrected chi connectivity index (χ1v) is 7.34. The van der Waals surface area contributed by atoms with Crippen LogP contribution in [0, 0.1) is 0 Å². The molecule has 1 atom stereocenters. The van der Waals surface area contributed by atoms with Crippen molar-refractivity contribution in [2.75, 3.05) is 11.5 Å². The molecule has 1 heterocycles. The Labute approximate surface area is 122 Å². The maximum atomic E-state index is 6.13. The van der Waals surface area contributed by atoms with Gasteiger partial charge in [-0.25, -0.2) is 0 Å². The van der Waals surface area contributed by atoms with Gasteiger partial charge in [-0.2, -0.15) is 0 Å². The van der Waals surface area contributed by atoms with Crippen molar-refractivity contribution in [3.8, 4) is 0 Å². The molecule has 100 valence electrons. The topological polar surface area (TPSA) is 64.9 Å². The second-order valence-corrected chi connectivity index (χ2v) is 5.75. The van der Waals surface area contributed by atoms with Crippen molar-refractivity contribution in [1.82, 2.24) is 4.98 Å². The SMILES string of the molecule is Nc1ccncc1CC(N)CSc1ccccc1Cl. The van der Waals surface area contributed by atoms with Gasteiger partial charge in [-0.05, 0) is 30.2 Å². The van der Waals surface area contributed by atoms with E-state index in [1.807, 2.05) is 24.3 Å². The van der Waals surface area contributed by atoms with Crippen LogP contribution in [0.3, 0.4) is 0 Å². The number of halogens is 1. The van der Waals surface area contributed by atoms with Gasteiger partial charge < -0.3 is 11.5 Å². The van der Waals surface area contributed by atoms with Crippen molar-refractivity contribution in [3.63, 3.8) is 0 Å². The molecular formula is C14H16ClN3S. The Morgan fingerprint density at radius 2 is 2.05 bits per heavy atom. The van der Waals surface area contributed by atoms with Gasteiger partial charge in [0, 0.05) is 34.8 Å². The van der Waals surface area contributed by atoms with E-state index in [1.54, 1.807) is 30.2 Å². The van der Waals surface area contributed by atoms with E-state index in [9.17, 15) is 0 Å². The zero-order valence-electron chi connectivity index (χ0n) is 10.4. The molecule has 2 aromatic rings. The number of nitrogen functional groups attached to an aromatic ring is 1. The fourth-order valence-electron chi connectivity index (χ4n) is 1.71. The molecule has 0 aliphatic carbocycles. The molecule has 19 heavy (non-hydrogen) atoms. The third-order valence-corrected chi connectivity index (χ3v) is 4.42. The van der Waals surface area contributed by atoms with Crippen LogP contribution in [0.2, 0.25) is 5.02 Å². The lowest BCUT2D eigenvalue weighted by atomic mass is 10.1. The summed E-state index contributed by atoms with van der Waals surface area (Å²) in [5.74, 6) is 0.790. The zero-order valence-corrected chi connectivity index (χ0v) is 12.0. The first-order valence-electron chi connectivity index (χ1n) is 5.98. The minimum absolute atomic E-state index is 0.0211. The van der Waals surface area contributed by atoms with E-state index in [2.05, 4.69) is 4.98 Å². The van der Waals surface area contributed by atoms with Crippen LogP contribution in [0.25, 0.3) is 0 Å².